The molecule has 0 aliphatic rings. The highest BCUT2D eigenvalue weighted by Gasteiger charge is 2.06. The molecule has 5 nitrogen and oxygen atoms in total. The van der Waals surface area contributed by atoms with Gasteiger partial charge in [0.05, 0.1) is 6.33 Å². The maximum absolute atomic E-state index is 11.2. The molecule has 0 atom stereocenters. The fourth-order valence-electron chi connectivity index (χ4n) is 1.23. The van der Waals surface area contributed by atoms with Crippen molar-refractivity contribution in [2.24, 2.45) is 0 Å². The van der Waals surface area contributed by atoms with Crippen LogP contribution in [0.25, 0.3) is 0 Å². The van der Waals surface area contributed by atoms with Crippen LogP contribution in [0.5, 0.6) is 5.88 Å². The van der Waals surface area contributed by atoms with Gasteiger partial charge in [0.2, 0.25) is 5.88 Å². The Hall–Kier alpha value is -2.01. The van der Waals surface area contributed by atoms with E-state index in [2.05, 4.69) is 9.97 Å². The number of hydrogen-bond acceptors (Lipinski definition) is 4. The largest absolute Gasteiger partial charge is 0.472 e. The lowest BCUT2D eigenvalue weighted by molar-refractivity contribution is 0.293. The molecule has 0 aliphatic carbocycles. The van der Waals surface area contributed by atoms with Gasteiger partial charge in [-0.3, -0.25) is 4.79 Å². The number of anilines is 1. The van der Waals surface area contributed by atoms with Gasteiger partial charge < -0.3 is 15.5 Å². The number of H-pyrrole nitrogens is 1. The molecule has 0 unspecified atom stereocenters. The third-order valence-electron chi connectivity index (χ3n) is 2.12. The third kappa shape index (κ3) is 2.76. The van der Waals surface area contributed by atoms with Crippen molar-refractivity contribution in [2.75, 3.05) is 5.73 Å². The van der Waals surface area contributed by atoms with Crippen LogP contribution in [0.2, 0.25) is 5.02 Å². The standard InChI is InChI=1S/C11H10ClN3O2/c12-9-10(16)14-6-15-11(9)17-5-7-1-3-8(13)4-2-7/h1-4,6H,5,13H2,(H,14,15,16). The smallest absolute Gasteiger partial charge is 0.273 e. The first-order valence-electron chi connectivity index (χ1n) is 4.87. The first kappa shape index (κ1) is 11.5. The number of aromatic nitrogens is 2. The molecule has 0 amide bonds. The van der Waals surface area contributed by atoms with Crippen molar-refractivity contribution >= 4 is 17.3 Å². The molecule has 1 heterocycles. The highest BCUT2D eigenvalue weighted by atomic mass is 35.5. The Kier molecular flexibility index (Phi) is 3.30. The van der Waals surface area contributed by atoms with E-state index >= 15 is 0 Å². The summed E-state index contributed by atoms with van der Waals surface area (Å²) in [7, 11) is 0. The zero-order valence-corrected chi connectivity index (χ0v) is 9.57. The van der Waals surface area contributed by atoms with Gasteiger partial charge in [-0.15, -0.1) is 0 Å². The summed E-state index contributed by atoms with van der Waals surface area (Å²) in [5.74, 6) is 0.118. The van der Waals surface area contributed by atoms with Crippen molar-refractivity contribution in [2.45, 2.75) is 6.61 Å². The van der Waals surface area contributed by atoms with Crippen LogP contribution in [0.3, 0.4) is 0 Å². The van der Waals surface area contributed by atoms with E-state index in [1.807, 2.05) is 12.1 Å². The fourth-order valence-corrected chi connectivity index (χ4v) is 1.39. The van der Waals surface area contributed by atoms with Crippen LogP contribution in [0.4, 0.5) is 5.69 Å². The second-order valence-corrected chi connectivity index (χ2v) is 3.76. The van der Waals surface area contributed by atoms with Gasteiger partial charge in [0.25, 0.3) is 5.56 Å². The lowest BCUT2D eigenvalue weighted by Gasteiger charge is -2.06. The molecule has 0 saturated carbocycles. The zero-order chi connectivity index (χ0) is 12.3. The SMILES string of the molecule is Nc1ccc(COc2nc[nH]c(=O)c2Cl)cc1. The Morgan fingerprint density at radius 2 is 2.06 bits per heavy atom. The lowest BCUT2D eigenvalue weighted by Crippen LogP contribution is -2.09. The minimum atomic E-state index is -0.422. The summed E-state index contributed by atoms with van der Waals surface area (Å²) in [4.78, 5) is 17.4. The van der Waals surface area contributed by atoms with Crippen molar-refractivity contribution in [3.8, 4) is 5.88 Å². The number of nitrogens with zero attached hydrogens (tertiary/aromatic N) is 1. The van der Waals surface area contributed by atoms with E-state index in [9.17, 15) is 4.79 Å². The van der Waals surface area contributed by atoms with Gasteiger partial charge in [-0.1, -0.05) is 23.7 Å². The van der Waals surface area contributed by atoms with E-state index in [0.717, 1.165) is 5.56 Å². The van der Waals surface area contributed by atoms with E-state index in [-0.39, 0.29) is 17.5 Å². The molecule has 0 saturated heterocycles. The van der Waals surface area contributed by atoms with Gasteiger partial charge >= 0.3 is 0 Å². The number of aromatic amines is 1. The number of halogens is 1. The van der Waals surface area contributed by atoms with Crippen molar-refractivity contribution in [3.05, 3.63) is 51.5 Å². The second kappa shape index (κ2) is 4.88. The van der Waals surface area contributed by atoms with Crippen LogP contribution in [0.15, 0.2) is 35.4 Å². The number of nitrogens with one attached hydrogen (secondary N) is 1. The van der Waals surface area contributed by atoms with E-state index in [1.165, 1.54) is 6.33 Å². The highest BCUT2D eigenvalue weighted by Crippen LogP contribution is 2.17. The Morgan fingerprint density at radius 3 is 2.76 bits per heavy atom. The zero-order valence-electron chi connectivity index (χ0n) is 8.81. The van der Waals surface area contributed by atoms with E-state index in [4.69, 9.17) is 22.1 Å². The molecule has 2 aromatic rings. The number of rotatable bonds is 3. The number of hydrogen-bond donors (Lipinski definition) is 2. The third-order valence-corrected chi connectivity index (χ3v) is 2.45. The molecule has 17 heavy (non-hydrogen) atoms. The number of nitrogens with two attached hydrogens (primary N) is 1. The van der Waals surface area contributed by atoms with Crippen LogP contribution < -0.4 is 16.0 Å². The van der Waals surface area contributed by atoms with Crippen LogP contribution >= 0.6 is 11.6 Å². The number of ether oxygens (including phenoxy) is 1. The van der Waals surface area contributed by atoms with Crippen LogP contribution in [0.1, 0.15) is 5.56 Å². The summed E-state index contributed by atoms with van der Waals surface area (Å²) in [5, 5.41) is -0.0528. The molecule has 0 fully saturated rings. The Labute approximate surface area is 102 Å². The van der Waals surface area contributed by atoms with Crippen molar-refractivity contribution in [1.82, 2.24) is 9.97 Å². The molecule has 88 valence electrons. The van der Waals surface area contributed by atoms with Crippen LogP contribution in [-0.4, -0.2) is 9.97 Å². The predicted molar refractivity (Wildman–Crippen MR) is 65.1 cm³/mol. The molecule has 6 heteroatoms. The minimum Gasteiger partial charge on any atom is -0.472 e. The average Bonchev–Trinajstić information content (AvgIpc) is 2.33. The Balaban J connectivity index is 2.10. The second-order valence-electron chi connectivity index (χ2n) is 3.38. The number of benzene rings is 1. The van der Waals surface area contributed by atoms with Crippen LogP contribution in [-0.2, 0) is 6.61 Å². The lowest BCUT2D eigenvalue weighted by atomic mass is 10.2. The molecule has 2 rings (SSSR count). The molecular formula is C11H10ClN3O2. The molecule has 0 radical (unpaired) electrons. The maximum atomic E-state index is 11.2. The molecule has 3 N–H and O–H groups in total. The van der Waals surface area contributed by atoms with Gasteiger partial charge in [0, 0.05) is 5.69 Å². The summed E-state index contributed by atoms with van der Waals surface area (Å²) >= 11 is 5.73. The van der Waals surface area contributed by atoms with Crippen LogP contribution in [0, 0.1) is 0 Å². The van der Waals surface area contributed by atoms with Gasteiger partial charge in [-0.25, -0.2) is 4.98 Å². The molecule has 0 aliphatic heterocycles. The van der Waals surface area contributed by atoms with Gasteiger partial charge in [0.1, 0.15) is 6.61 Å². The topological polar surface area (TPSA) is 81.0 Å². The van der Waals surface area contributed by atoms with E-state index in [1.54, 1.807) is 12.1 Å². The van der Waals surface area contributed by atoms with E-state index < -0.39 is 5.56 Å². The first-order valence-corrected chi connectivity index (χ1v) is 5.25. The van der Waals surface area contributed by atoms with Crippen molar-refractivity contribution in [1.29, 1.82) is 0 Å². The quantitative estimate of drug-likeness (QED) is 0.812. The Bertz CT molecular complexity index is 566. The first-order chi connectivity index (χ1) is 8.16. The summed E-state index contributed by atoms with van der Waals surface area (Å²) in [6.07, 6.45) is 1.24. The minimum absolute atomic E-state index is 0.0528. The Morgan fingerprint density at radius 1 is 1.35 bits per heavy atom. The maximum Gasteiger partial charge on any atom is 0.273 e. The summed E-state index contributed by atoms with van der Waals surface area (Å²) in [6.45, 7) is 0.274. The molecule has 1 aromatic carbocycles. The van der Waals surface area contributed by atoms with Crippen molar-refractivity contribution in [3.63, 3.8) is 0 Å². The summed E-state index contributed by atoms with van der Waals surface area (Å²) < 4.78 is 5.34. The molecule has 0 spiro atoms. The predicted octanol–water partition coefficient (Wildman–Crippen LogP) is 1.58. The monoisotopic (exact) mass is 251 g/mol. The van der Waals surface area contributed by atoms with E-state index in [0.29, 0.717) is 5.69 Å². The normalized spacial score (nSPS) is 10.2. The fraction of sp³-hybridized carbons (Fsp3) is 0.0909. The highest BCUT2D eigenvalue weighted by molar-refractivity contribution is 6.31. The van der Waals surface area contributed by atoms with Gasteiger partial charge in [0.15, 0.2) is 5.02 Å². The van der Waals surface area contributed by atoms with Gasteiger partial charge in [-0.2, -0.15) is 0 Å². The summed E-state index contributed by atoms with van der Waals surface area (Å²) in [5.41, 5.74) is 6.73. The van der Waals surface area contributed by atoms with Gasteiger partial charge in [-0.05, 0) is 17.7 Å². The average molecular weight is 252 g/mol. The summed E-state index contributed by atoms with van der Waals surface area (Å²) in [6, 6.07) is 7.20. The molecule has 0 bridgehead atoms. The number of nitrogen functional groups attached to an aromatic ring is 1. The molecule has 1 aromatic heterocycles. The van der Waals surface area contributed by atoms with Crippen molar-refractivity contribution < 1.29 is 4.74 Å². The molecular weight excluding hydrogens is 242 g/mol.